The molecule has 32 heavy (non-hydrogen) atoms. The van der Waals surface area contributed by atoms with Gasteiger partial charge in [0.15, 0.2) is 0 Å². The van der Waals surface area contributed by atoms with E-state index in [0.29, 0.717) is 26.9 Å². The van der Waals surface area contributed by atoms with Crippen LogP contribution in [0.15, 0.2) is 76.8 Å². The van der Waals surface area contributed by atoms with Gasteiger partial charge in [-0.3, -0.25) is 14.9 Å². The summed E-state index contributed by atoms with van der Waals surface area (Å²) in [5.74, 6) is -2.90. The second-order valence-corrected chi connectivity index (χ2v) is 7.88. The Morgan fingerprint density at radius 3 is 2.25 bits per heavy atom. The first-order valence-electron chi connectivity index (χ1n) is 9.53. The van der Waals surface area contributed by atoms with E-state index < -0.39 is 23.7 Å². The van der Waals surface area contributed by atoms with Gasteiger partial charge in [-0.2, -0.15) is 0 Å². The Bertz CT molecular complexity index is 1290. The highest BCUT2D eigenvalue weighted by Gasteiger charge is 2.37. The molecule has 0 unspecified atom stereocenters. The molecule has 1 fully saturated rings. The number of barbiturate groups is 1. The lowest BCUT2D eigenvalue weighted by atomic mass is 10.0. The van der Waals surface area contributed by atoms with E-state index >= 15 is 0 Å². The van der Waals surface area contributed by atoms with Crippen molar-refractivity contribution < 1.29 is 23.2 Å². The third-order valence-electron chi connectivity index (χ3n) is 4.92. The van der Waals surface area contributed by atoms with E-state index in [4.69, 9.17) is 0 Å². The normalized spacial score (nSPS) is 15.3. The van der Waals surface area contributed by atoms with Crippen LogP contribution in [-0.4, -0.2) is 17.8 Å². The van der Waals surface area contributed by atoms with Gasteiger partial charge in [0.25, 0.3) is 11.8 Å². The highest BCUT2D eigenvalue weighted by molar-refractivity contribution is 9.10. The second kappa shape index (κ2) is 8.84. The van der Waals surface area contributed by atoms with Gasteiger partial charge in [-0.15, -0.1) is 0 Å². The van der Waals surface area contributed by atoms with Crippen molar-refractivity contribution in [3.8, 4) is 0 Å². The number of benzene rings is 3. The molecule has 0 aromatic heterocycles. The number of carbonyl (C=O) groups is 3. The number of hydrogen-bond donors (Lipinski definition) is 1. The quantitative estimate of drug-likeness (QED) is 0.409. The molecule has 0 saturated carbocycles. The molecule has 1 heterocycles. The summed E-state index contributed by atoms with van der Waals surface area (Å²) in [6.45, 7) is 0. The Kier molecular flexibility index (Phi) is 5.96. The molecule has 4 rings (SSSR count). The zero-order valence-corrected chi connectivity index (χ0v) is 18.0. The zero-order chi connectivity index (χ0) is 22.8. The van der Waals surface area contributed by atoms with Crippen LogP contribution >= 0.6 is 15.9 Å². The summed E-state index contributed by atoms with van der Waals surface area (Å²) in [6.07, 6.45) is 1.66. The van der Waals surface area contributed by atoms with Crippen LogP contribution in [0.25, 0.3) is 6.08 Å². The van der Waals surface area contributed by atoms with Crippen molar-refractivity contribution in [1.29, 1.82) is 0 Å². The molecule has 1 aliphatic heterocycles. The third kappa shape index (κ3) is 4.22. The van der Waals surface area contributed by atoms with Crippen LogP contribution in [-0.2, 0) is 16.0 Å². The van der Waals surface area contributed by atoms with Crippen molar-refractivity contribution in [3.63, 3.8) is 0 Å². The van der Waals surface area contributed by atoms with Crippen molar-refractivity contribution in [2.24, 2.45) is 0 Å². The molecule has 4 amide bonds. The first-order chi connectivity index (χ1) is 15.3. The van der Waals surface area contributed by atoms with Crippen molar-refractivity contribution >= 4 is 45.5 Å². The molecule has 1 aliphatic rings. The number of amides is 4. The third-order valence-corrected chi connectivity index (χ3v) is 5.66. The van der Waals surface area contributed by atoms with Gasteiger partial charge in [-0.25, -0.2) is 18.5 Å². The molecule has 8 heteroatoms. The van der Waals surface area contributed by atoms with Crippen LogP contribution in [0, 0.1) is 11.6 Å². The first-order valence-corrected chi connectivity index (χ1v) is 10.3. The van der Waals surface area contributed by atoms with Crippen molar-refractivity contribution in [2.45, 2.75) is 6.42 Å². The van der Waals surface area contributed by atoms with E-state index in [1.165, 1.54) is 30.3 Å². The molecule has 3 aromatic carbocycles. The molecular weight excluding hydrogens is 482 g/mol. The number of urea groups is 1. The lowest BCUT2D eigenvalue weighted by Crippen LogP contribution is -2.54. The molecule has 0 radical (unpaired) electrons. The van der Waals surface area contributed by atoms with Crippen LogP contribution < -0.4 is 10.2 Å². The lowest BCUT2D eigenvalue weighted by Gasteiger charge is -2.26. The van der Waals surface area contributed by atoms with Gasteiger partial charge in [-0.05, 0) is 47.0 Å². The van der Waals surface area contributed by atoms with Crippen molar-refractivity contribution in [2.75, 3.05) is 4.90 Å². The van der Waals surface area contributed by atoms with Gasteiger partial charge in [0, 0.05) is 10.9 Å². The van der Waals surface area contributed by atoms with Gasteiger partial charge in [0.05, 0.1) is 5.69 Å². The van der Waals surface area contributed by atoms with Crippen LogP contribution in [0.5, 0.6) is 0 Å². The maximum absolute atomic E-state index is 14.2. The monoisotopic (exact) mass is 496 g/mol. The predicted octanol–water partition coefficient (Wildman–Crippen LogP) is 4.98. The Balaban J connectivity index is 1.65. The summed E-state index contributed by atoms with van der Waals surface area (Å²) in [5, 5.41) is 2.06. The first kappa shape index (κ1) is 21.6. The molecule has 0 atom stereocenters. The summed E-state index contributed by atoms with van der Waals surface area (Å²) in [6, 6.07) is 15.8. The smallest absolute Gasteiger partial charge is 0.273 e. The summed E-state index contributed by atoms with van der Waals surface area (Å²) < 4.78 is 28.8. The Morgan fingerprint density at radius 1 is 0.875 bits per heavy atom. The summed E-state index contributed by atoms with van der Waals surface area (Å²) in [7, 11) is 0. The molecule has 3 aromatic rings. The number of nitrogens with one attached hydrogen (secondary N) is 1. The van der Waals surface area contributed by atoms with Gasteiger partial charge >= 0.3 is 6.03 Å². The van der Waals surface area contributed by atoms with E-state index in [2.05, 4.69) is 21.2 Å². The van der Waals surface area contributed by atoms with E-state index in [9.17, 15) is 23.2 Å². The number of nitrogens with zero attached hydrogens (tertiary/aromatic N) is 1. The van der Waals surface area contributed by atoms with Crippen molar-refractivity contribution in [3.05, 3.63) is 105 Å². The van der Waals surface area contributed by atoms with Crippen LogP contribution in [0.3, 0.4) is 0 Å². The maximum atomic E-state index is 14.2. The molecule has 160 valence electrons. The fourth-order valence-electron chi connectivity index (χ4n) is 3.32. The summed E-state index contributed by atoms with van der Waals surface area (Å²) in [5.41, 5.74) is 1.26. The number of anilines is 1. The fraction of sp³-hybridized carbons (Fsp3) is 0.0417. The maximum Gasteiger partial charge on any atom is 0.336 e. The second-order valence-electron chi connectivity index (χ2n) is 7.03. The molecule has 0 spiro atoms. The van der Waals surface area contributed by atoms with Crippen LogP contribution in [0.1, 0.15) is 16.7 Å². The number of imide groups is 2. The molecule has 1 N–H and O–H groups in total. The molecule has 0 aliphatic carbocycles. The Morgan fingerprint density at radius 2 is 1.56 bits per heavy atom. The predicted molar refractivity (Wildman–Crippen MR) is 119 cm³/mol. The Hall–Kier alpha value is -3.65. The SMILES string of the molecule is O=C1NC(=O)N(c2ccccc2F)C(=O)/C1=C\c1ccc(Cc2ccccc2F)c(Br)c1. The number of rotatable bonds is 4. The van der Waals surface area contributed by atoms with E-state index in [1.54, 1.807) is 36.4 Å². The molecule has 5 nitrogen and oxygen atoms in total. The summed E-state index contributed by atoms with van der Waals surface area (Å²) >= 11 is 3.44. The highest BCUT2D eigenvalue weighted by Crippen LogP contribution is 2.27. The number of halogens is 3. The highest BCUT2D eigenvalue weighted by atomic mass is 79.9. The van der Waals surface area contributed by atoms with Gasteiger partial charge in [-0.1, -0.05) is 58.4 Å². The van der Waals surface area contributed by atoms with Crippen LogP contribution in [0.4, 0.5) is 19.3 Å². The molecule has 1 saturated heterocycles. The van der Waals surface area contributed by atoms with E-state index in [0.717, 1.165) is 11.6 Å². The summed E-state index contributed by atoms with van der Waals surface area (Å²) in [4.78, 5) is 38.0. The number of hydrogen-bond acceptors (Lipinski definition) is 3. The largest absolute Gasteiger partial charge is 0.336 e. The zero-order valence-electron chi connectivity index (χ0n) is 16.4. The lowest BCUT2D eigenvalue weighted by molar-refractivity contribution is -0.122. The Labute approximate surface area is 190 Å². The average molecular weight is 497 g/mol. The molecular formula is C24H15BrF2N2O3. The number of carbonyl (C=O) groups excluding carboxylic acids is 3. The van der Waals surface area contributed by atoms with E-state index in [1.807, 2.05) is 0 Å². The van der Waals surface area contributed by atoms with E-state index in [-0.39, 0.29) is 17.1 Å². The average Bonchev–Trinajstić information content (AvgIpc) is 2.75. The minimum Gasteiger partial charge on any atom is -0.273 e. The van der Waals surface area contributed by atoms with Crippen molar-refractivity contribution in [1.82, 2.24) is 5.32 Å². The number of para-hydroxylation sites is 1. The van der Waals surface area contributed by atoms with Gasteiger partial charge in [0.2, 0.25) is 0 Å². The minimum absolute atomic E-state index is 0.255. The standard InChI is InChI=1S/C24H15BrF2N2O3/c25-18-12-14(9-10-15(18)13-16-5-1-2-6-19(16)26)11-17-22(30)28-24(32)29(23(17)31)21-8-4-3-7-20(21)27/h1-12H,13H2,(H,28,30,32)/b17-11-. The molecule has 0 bridgehead atoms. The topological polar surface area (TPSA) is 66.5 Å². The van der Waals surface area contributed by atoms with Gasteiger partial charge in [0.1, 0.15) is 17.2 Å². The fourth-order valence-corrected chi connectivity index (χ4v) is 3.86. The van der Waals surface area contributed by atoms with Crippen LogP contribution in [0.2, 0.25) is 0 Å². The van der Waals surface area contributed by atoms with Gasteiger partial charge < -0.3 is 0 Å². The minimum atomic E-state index is -1.02.